The van der Waals surface area contributed by atoms with Crippen molar-refractivity contribution in [2.24, 2.45) is 0 Å². The van der Waals surface area contributed by atoms with E-state index in [-0.39, 0.29) is 0 Å². The van der Waals surface area contributed by atoms with Crippen LogP contribution in [0, 0.1) is 0 Å². The van der Waals surface area contributed by atoms with Crippen LogP contribution in [-0.2, 0) is 0 Å². The summed E-state index contributed by atoms with van der Waals surface area (Å²) >= 11 is 1.71. The van der Waals surface area contributed by atoms with Crippen LogP contribution in [0.4, 0.5) is 0 Å². The Morgan fingerprint density at radius 1 is 1.07 bits per heavy atom. The molecule has 0 spiro atoms. The fourth-order valence-electron chi connectivity index (χ4n) is 2.14. The van der Waals surface area contributed by atoms with E-state index in [4.69, 9.17) is 0 Å². The van der Waals surface area contributed by atoms with Crippen molar-refractivity contribution in [1.82, 2.24) is 9.38 Å². The third kappa shape index (κ3) is 0.590. The number of pyridine rings is 1. The van der Waals surface area contributed by atoms with Gasteiger partial charge in [-0.3, -0.25) is 0 Å². The molecule has 0 amide bonds. The standard InChI is InChI=1S/C11H6N2S/c1-2-7-4-5-9-11-10(12-6-14-11)8(3-1)13(7)9/h1-6H. The maximum atomic E-state index is 4.41. The Hall–Kier alpha value is -1.61. The van der Waals surface area contributed by atoms with Gasteiger partial charge in [-0.05, 0) is 24.3 Å². The minimum Gasteiger partial charge on any atom is -0.307 e. The second kappa shape index (κ2) is 2.07. The van der Waals surface area contributed by atoms with E-state index in [0.717, 1.165) is 5.52 Å². The van der Waals surface area contributed by atoms with E-state index in [1.54, 1.807) is 11.3 Å². The highest BCUT2D eigenvalue weighted by molar-refractivity contribution is 7.17. The molecule has 0 saturated heterocycles. The first-order valence-electron chi connectivity index (χ1n) is 4.50. The predicted molar refractivity (Wildman–Crippen MR) is 59.3 cm³/mol. The quantitative estimate of drug-likeness (QED) is 0.424. The Bertz CT molecular complexity index is 724. The zero-order valence-corrected chi connectivity index (χ0v) is 8.08. The monoisotopic (exact) mass is 198 g/mol. The second-order valence-electron chi connectivity index (χ2n) is 3.42. The molecule has 0 aliphatic rings. The zero-order valence-electron chi connectivity index (χ0n) is 7.27. The zero-order chi connectivity index (χ0) is 9.12. The highest BCUT2D eigenvalue weighted by Gasteiger charge is 2.12. The molecule has 66 valence electrons. The summed E-state index contributed by atoms with van der Waals surface area (Å²) in [6.45, 7) is 0. The van der Waals surface area contributed by atoms with Crippen molar-refractivity contribution < 1.29 is 0 Å². The molecular formula is C11H6N2S. The Labute approximate surface area is 83.8 Å². The minimum atomic E-state index is 1.14. The van der Waals surface area contributed by atoms with Crippen LogP contribution in [0.1, 0.15) is 0 Å². The molecule has 0 aromatic carbocycles. The molecule has 0 saturated carbocycles. The van der Waals surface area contributed by atoms with Crippen LogP contribution in [0.5, 0.6) is 0 Å². The molecule has 0 fully saturated rings. The van der Waals surface area contributed by atoms with Gasteiger partial charge in [0, 0.05) is 5.52 Å². The van der Waals surface area contributed by atoms with Gasteiger partial charge in [0.25, 0.3) is 0 Å². The third-order valence-corrected chi connectivity index (χ3v) is 3.56. The normalized spacial score (nSPS) is 12.3. The number of aromatic nitrogens is 2. The minimum absolute atomic E-state index is 1.14. The first-order chi connectivity index (χ1) is 6.95. The summed E-state index contributed by atoms with van der Waals surface area (Å²) in [5.41, 5.74) is 6.81. The lowest BCUT2D eigenvalue weighted by Gasteiger charge is -1.93. The van der Waals surface area contributed by atoms with Crippen LogP contribution >= 0.6 is 11.3 Å². The molecule has 3 heteroatoms. The van der Waals surface area contributed by atoms with Crippen molar-refractivity contribution in [3.8, 4) is 0 Å². The molecule has 4 aromatic rings. The van der Waals surface area contributed by atoms with E-state index in [1.807, 2.05) is 5.51 Å². The maximum absolute atomic E-state index is 4.41. The van der Waals surface area contributed by atoms with Crippen molar-refractivity contribution in [3.05, 3.63) is 35.8 Å². The largest absolute Gasteiger partial charge is 0.307 e. The van der Waals surface area contributed by atoms with Crippen molar-refractivity contribution in [3.63, 3.8) is 0 Å². The average Bonchev–Trinajstić information content (AvgIpc) is 2.87. The number of thiazole rings is 1. The van der Waals surface area contributed by atoms with Crippen LogP contribution in [0.15, 0.2) is 35.8 Å². The van der Waals surface area contributed by atoms with E-state index in [1.165, 1.54) is 21.3 Å². The molecule has 0 unspecified atom stereocenters. The van der Waals surface area contributed by atoms with Gasteiger partial charge in [-0.2, -0.15) is 0 Å². The molecule has 4 aromatic heterocycles. The number of rotatable bonds is 0. The fourth-order valence-corrected chi connectivity index (χ4v) is 2.95. The van der Waals surface area contributed by atoms with E-state index in [0.29, 0.717) is 0 Å². The predicted octanol–water partition coefficient (Wildman–Crippen LogP) is 3.14. The lowest BCUT2D eigenvalue weighted by atomic mass is 10.3. The van der Waals surface area contributed by atoms with Crippen molar-refractivity contribution >= 4 is 38.1 Å². The van der Waals surface area contributed by atoms with Gasteiger partial charge in [0.2, 0.25) is 0 Å². The van der Waals surface area contributed by atoms with Gasteiger partial charge in [0.15, 0.2) is 0 Å². The lowest BCUT2D eigenvalue weighted by molar-refractivity contribution is 1.35. The Morgan fingerprint density at radius 3 is 3.07 bits per heavy atom. The van der Waals surface area contributed by atoms with Crippen LogP contribution in [0.2, 0.25) is 0 Å². The molecule has 0 N–H and O–H groups in total. The van der Waals surface area contributed by atoms with Gasteiger partial charge in [-0.25, -0.2) is 4.98 Å². The van der Waals surface area contributed by atoms with Gasteiger partial charge in [-0.1, -0.05) is 6.07 Å². The topological polar surface area (TPSA) is 17.3 Å². The van der Waals surface area contributed by atoms with Crippen LogP contribution in [-0.4, -0.2) is 9.38 Å². The van der Waals surface area contributed by atoms with Crippen LogP contribution in [0.25, 0.3) is 26.8 Å². The van der Waals surface area contributed by atoms with Crippen molar-refractivity contribution in [2.45, 2.75) is 0 Å². The number of nitrogens with zero attached hydrogens (tertiary/aromatic N) is 2. The van der Waals surface area contributed by atoms with Gasteiger partial charge < -0.3 is 4.40 Å². The Morgan fingerprint density at radius 2 is 2.07 bits per heavy atom. The molecule has 0 aliphatic carbocycles. The molecule has 0 bridgehead atoms. The van der Waals surface area contributed by atoms with E-state index in [2.05, 4.69) is 39.7 Å². The number of fused-ring (bicyclic) bond motifs is 3. The number of hydrogen-bond donors (Lipinski definition) is 0. The molecule has 14 heavy (non-hydrogen) atoms. The Kier molecular flexibility index (Phi) is 1.00. The summed E-state index contributed by atoms with van der Waals surface area (Å²) in [4.78, 5) is 4.41. The van der Waals surface area contributed by atoms with Gasteiger partial charge in [0.05, 0.1) is 21.2 Å². The summed E-state index contributed by atoms with van der Waals surface area (Å²) < 4.78 is 3.57. The van der Waals surface area contributed by atoms with Crippen molar-refractivity contribution in [1.29, 1.82) is 0 Å². The highest BCUT2D eigenvalue weighted by atomic mass is 32.1. The van der Waals surface area contributed by atoms with Gasteiger partial charge in [0.1, 0.15) is 5.52 Å². The van der Waals surface area contributed by atoms with Gasteiger partial charge in [-0.15, -0.1) is 11.3 Å². The summed E-state index contributed by atoms with van der Waals surface area (Å²) in [5, 5.41) is 0. The molecule has 0 aliphatic heterocycles. The van der Waals surface area contributed by atoms with E-state index in [9.17, 15) is 0 Å². The van der Waals surface area contributed by atoms with Crippen LogP contribution in [0.3, 0.4) is 0 Å². The summed E-state index contributed by atoms with van der Waals surface area (Å²) in [5.74, 6) is 0. The summed E-state index contributed by atoms with van der Waals surface area (Å²) in [6, 6.07) is 10.7. The van der Waals surface area contributed by atoms with Gasteiger partial charge >= 0.3 is 0 Å². The average molecular weight is 198 g/mol. The first kappa shape index (κ1) is 6.79. The van der Waals surface area contributed by atoms with E-state index >= 15 is 0 Å². The lowest BCUT2D eigenvalue weighted by Crippen LogP contribution is -1.79. The molecular weight excluding hydrogens is 192 g/mol. The second-order valence-corrected chi connectivity index (χ2v) is 4.27. The maximum Gasteiger partial charge on any atom is 0.107 e. The highest BCUT2D eigenvalue weighted by Crippen LogP contribution is 2.32. The molecule has 0 atom stereocenters. The Balaban J connectivity index is 2.58. The first-order valence-corrected chi connectivity index (χ1v) is 5.38. The molecule has 4 heterocycles. The molecule has 2 nitrogen and oxygen atoms in total. The summed E-state index contributed by atoms with van der Waals surface area (Å²) in [7, 11) is 0. The number of hydrogen-bond acceptors (Lipinski definition) is 2. The van der Waals surface area contributed by atoms with Crippen molar-refractivity contribution in [2.75, 3.05) is 0 Å². The summed E-state index contributed by atoms with van der Waals surface area (Å²) in [6.07, 6.45) is 0. The van der Waals surface area contributed by atoms with Crippen LogP contribution < -0.4 is 0 Å². The molecule has 4 rings (SSSR count). The SMILES string of the molecule is c1cc2ccc3c4scnc4c(c1)n23. The smallest absolute Gasteiger partial charge is 0.107 e. The van der Waals surface area contributed by atoms with E-state index < -0.39 is 0 Å². The fraction of sp³-hybridized carbons (Fsp3) is 0. The molecule has 0 radical (unpaired) electrons. The third-order valence-electron chi connectivity index (χ3n) is 2.72.